The molecule has 8 nitrogen and oxygen atoms in total. The van der Waals surface area contributed by atoms with E-state index in [1.807, 2.05) is 24.3 Å². The zero-order valence-electron chi connectivity index (χ0n) is 13.6. The van der Waals surface area contributed by atoms with Crippen LogP contribution < -0.4 is 15.3 Å². The van der Waals surface area contributed by atoms with E-state index in [1.54, 1.807) is 4.90 Å². The van der Waals surface area contributed by atoms with Crippen LogP contribution in [0.2, 0.25) is 0 Å². The number of carbonyl (C=O) groups excluding carboxylic acids is 2. The van der Waals surface area contributed by atoms with Crippen molar-refractivity contribution in [2.45, 2.75) is 6.42 Å². The third kappa shape index (κ3) is 9.37. The van der Waals surface area contributed by atoms with Gasteiger partial charge in [-0.2, -0.15) is 0 Å². The van der Waals surface area contributed by atoms with Gasteiger partial charge in [-0.3, -0.25) is 4.79 Å². The van der Waals surface area contributed by atoms with Crippen LogP contribution in [-0.2, 0) is 14.3 Å². The predicted octanol–water partition coefficient (Wildman–Crippen LogP) is -1.85. The van der Waals surface area contributed by atoms with Crippen LogP contribution in [0, 0.1) is 3.57 Å². The first-order valence-corrected chi connectivity index (χ1v) is 8.87. The van der Waals surface area contributed by atoms with Crippen molar-refractivity contribution >= 4 is 40.4 Å². The minimum Gasteiger partial charge on any atom is -0.539 e. The van der Waals surface area contributed by atoms with Crippen molar-refractivity contribution in [2.24, 2.45) is 0 Å². The largest absolute Gasteiger partial charge is 0.539 e. The molecule has 0 aliphatic carbocycles. The Morgan fingerprint density at radius 2 is 1.92 bits per heavy atom. The predicted molar refractivity (Wildman–Crippen MR) is 95.1 cm³/mol. The summed E-state index contributed by atoms with van der Waals surface area (Å²) in [5.41, 5.74) is 0.741. The summed E-state index contributed by atoms with van der Waals surface area (Å²) < 4.78 is 6.41. The first-order valence-electron chi connectivity index (χ1n) is 7.79. The molecule has 1 aliphatic rings. The topological polar surface area (TPSA) is 120 Å². The second-order valence-electron chi connectivity index (χ2n) is 5.32. The number of amides is 1. The van der Waals surface area contributed by atoms with Crippen molar-refractivity contribution in [3.63, 3.8) is 0 Å². The lowest BCUT2D eigenvalue weighted by atomic mass is 10.2. The maximum atomic E-state index is 11.9. The molecule has 1 aliphatic heterocycles. The van der Waals surface area contributed by atoms with Crippen molar-refractivity contribution in [3.05, 3.63) is 33.4 Å². The van der Waals surface area contributed by atoms with E-state index >= 15 is 0 Å². The molecular formula is C16H21IN2O6. The lowest BCUT2D eigenvalue weighted by molar-refractivity contribution is -0.908. The van der Waals surface area contributed by atoms with Gasteiger partial charge in [-0.05, 0) is 40.8 Å². The lowest BCUT2D eigenvalue weighted by Gasteiger charge is -2.23. The van der Waals surface area contributed by atoms with Crippen molar-refractivity contribution in [3.8, 4) is 0 Å². The zero-order chi connectivity index (χ0) is 18.7. The number of hydrogen-bond acceptors (Lipinski definition) is 5. The van der Waals surface area contributed by atoms with Crippen LogP contribution in [0.4, 0.5) is 0 Å². The first-order chi connectivity index (χ1) is 11.9. The normalized spacial score (nSPS) is 14.1. The molecule has 0 saturated carbocycles. The maximum Gasteiger partial charge on any atom is 0.351 e. The van der Waals surface area contributed by atoms with Gasteiger partial charge >= 0.3 is 5.97 Å². The highest BCUT2D eigenvalue weighted by Gasteiger charge is 2.13. The second kappa shape index (κ2) is 11.8. The van der Waals surface area contributed by atoms with E-state index < -0.39 is 11.9 Å². The number of halogens is 1. The zero-order valence-corrected chi connectivity index (χ0v) is 15.8. The number of carboxylic acid groups (broad SMARTS) is 2. The molecule has 3 N–H and O–H groups in total. The molecular weight excluding hydrogens is 443 g/mol. The van der Waals surface area contributed by atoms with Gasteiger partial charge in [-0.1, -0.05) is 6.07 Å². The fraction of sp³-hybridized carbons (Fsp3) is 0.438. The van der Waals surface area contributed by atoms with Gasteiger partial charge in [0, 0.05) is 22.1 Å². The molecule has 9 heteroatoms. The Kier molecular flexibility index (Phi) is 10.0. The van der Waals surface area contributed by atoms with E-state index in [4.69, 9.17) is 24.5 Å². The van der Waals surface area contributed by atoms with Crippen molar-refractivity contribution in [2.75, 3.05) is 39.4 Å². The number of carboxylic acids is 2. The lowest BCUT2D eigenvalue weighted by Crippen LogP contribution is -3.14. The fourth-order valence-electron chi connectivity index (χ4n) is 2.18. The summed E-state index contributed by atoms with van der Waals surface area (Å²) in [4.78, 5) is 31.5. The quantitative estimate of drug-likeness (QED) is 0.267. The third-order valence-corrected chi connectivity index (χ3v) is 4.12. The van der Waals surface area contributed by atoms with E-state index in [9.17, 15) is 4.79 Å². The number of nitrogens with one attached hydrogen (secondary N) is 2. The van der Waals surface area contributed by atoms with Gasteiger partial charge in [0.1, 0.15) is 13.1 Å². The number of benzene rings is 1. The molecule has 0 unspecified atom stereocenters. The number of morpholine rings is 1. The molecule has 1 fully saturated rings. The summed E-state index contributed by atoms with van der Waals surface area (Å²) in [6.07, 6.45) is 1.02. The molecule has 0 aromatic heterocycles. The van der Waals surface area contributed by atoms with Crippen LogP contribution in [0.5, 0.6) is 0 Å². The molecule has 1 aromatic rings. The molecule has 25 heavy (non-hydrogen) atoms. The Labute approximate surface area is 159 Å². The summed E-state index contributed by atoms with van der Waals surface area (Å²) >= 11 is 2.22. The first kappa shape index (κ1) is 21.3. The molecule has 1 saturated heterocycles. The van der Waals surface area contributed by atoms with Gasteiger partial charge in [0.2, 0.25) is 0 Å². The summed E-state index contributed by atoms with van der Waals surface area (Å²) in [6, 6.07) is 7.65. The van der Waals surface area contributed by atoms with Gasteiger partial charge in [0.05, 0.1) is 19.8 Å². The Balaban J connectivity index is 0.000000450. The highest BCUT2D eigenvalue weighted by molar-refractivity contribution is 14.1. The number of hydrogen-bond donors (Lipinski definition) is 3. The molecule has 0 radical (unpaired) electrons. The van der Waals surface area contributed by atoms with E-state index in [-0.39, 0.29) is 5.91 Å². The Bertz CT molecular complexity index is 578. The third-order valence-electron chi connectivity index (χ3n) is 3.45. The minimum atomic E-state index is -2.07. The monoisotopic (exact) mass is 464 g/mol. The summed E-state index contributed by atoms with van der Waals surface area (Å²) in [7, 11) is 0. The van der Waals surface area contributed by atoms with Crippen LogP contribution in [-0.4, -0.2) is 62.3 Å². The highest BCUT2D eigenvalue weighted by atomic mass is 127. The number of ether oxygens (including phenoxy) is 1. The molecule has 0 atom stereocenters. The van der Waals surface area contributed by atoms with Crippen molar-refractivity contribution < 1.29 is 34.2 Å². The number of quaternary nitrogens is 1. The molecule has 1 aromatic carbocycles. The fourth-order valence-corrected chi connectivity index (χ4v) is 2.73. The number of rotatable bonds is 5. The molecule has 0 spiro atoms. The van der Waals surface area contributed by atoms with Crippen LogP contribution in [0.15, 0.2) is 24.3 Å². The average Bonchev–Trinajstić information content (AvgIpc) is 2.60. The van der Waals surface area contributed by atoms with E-state index in [1.165, 1.54) is 0 Å². The van der Waals surface area contributed by atoms with E-state index in [2.05, 4.69) is 27.9 Å². The molecule has 1 heterocycles. The van der Waals surface area contributed by atoms with Crippen molar-refractivity contribution in [1.82, 2.24) is 5.32 Å². The number of carbonyl (C=O) groups is 3. The second-order valence-corrected chi connectivity index (χ2v) is 6.57. The number of aliphatic carboxylic acids is 2. The highest BCUT2D eigenvalue weighted by Crippen LogP contribution is 2.07. The molecule has 2 rings (SSSR count). The smallest absolute Gasteiger partial charge is 0.351 e. The molecule has 138 valence electrons. The van der Waals surface area contributed by atoms with Crippen molar-refractivity contribution in [1.29, 1.82) is 0 Å². The van der Waals surface area contributed by atoms with Gasteiger partial charge in [0.15, 0.2) is 5.97 Å². The van der Waals surface area contributed by atoms with Crippen LogP contribution in [0.25, 0.3) is 0 Å². The van der Waals surface area contributed by atoms with Gasteiger partial charge < -0.3 is 30.0 Å². The average molecular weight is 464 g/mol. The Morgan fingerprint density at radius 1 is 1.28 bits per heavy atom. The summed E-state index contributed by atoms with van der Waals surface area (Å²) in [5.74, 6) is -3.99. The SMILES string of the molecule is O=C(NCCC[NH+]1CCOCC1)c1cccc(I)c1.O=C([O-])C(=O)O. The minimum absolute atomic E-state index is 0.0236. The molecule has 0 bridgehead atoms. The molecule has 1 amide bonds. The van der Waals surface area contributed by atoms with Crippen LogP contribution in [0.1, 0.15) is 16.8 Å². The van der Waals surface area contributed by atoms with E-state index in [0.29, 0.717) is 0 Å². The van der Waals surface area contributed by atoms with Crippen LogP contribution in [0.3, 0.4) is 0 Å². The van der Waals surface area contributed by atoms with Crippen LogP contribution >= 0.6 is 22.6 Å². The summed E-state index contributed by atoms with van der Waals surface area (Å²) in [5, 5.41) is 19.3. The Morgan fingerprint density at radius 3 is 2.48 bits per heavy atom. The maximum absolute atomic E-state index is 11.9. The van der Waals surface area contributed by atoms with Gasteiger partial charge in [0.25, 0.3) is 5.91 Å². The van der Waals surface area contributed by atoms with Gasteiger partial charge in [-0.15, -0.1) is 0 Å². The summed E-state index contributed by atoms with van der Waals surface area (Å²) in [6.45, 7) is 5.76. The van der Waals surface area contributed by atoms with E-state index in [0.717, 1.165) is 54.9 Å². The standard InChI is InChI=1S/C14H19IN2O2.C2H2O4/c15-13-4-1-3-12(11-13)14(18)16-5-2-6-17-7-9-19-10-8-17;3-1(4)2(5)6/h1,3-4,11H,2,5-10H2,(H,16,18);(H,3,4)(H,5,6). The van der Waals surface area contributed by atoms with Gasteiger partial charge in [-0.25, -0.2) is 4.79 Å². The Hall–Kier alpha value is -1.72.